The van der Waals surface area contributed by atoms with Crippen LogP contribution in [0.25, 0.3) is 0 Å². The SMILES string of the molecule is COCc1cc(NC(=O)CCc2cscn2)cc(C(=O)O)c1. The topological polar surface area (TPSA) is 88.5 Å². The van der Waals surface area contributed by atoms with Crippen LogP contribution in [0.5, 0.6) is 0 Å². The highest BCUT2D eigenvalue weighted by atomic mass is 32.1. The Kier molecular flexibility index (Phi) is 5.62. The molecule has 1 aromatic carbocycles. The number of methoxy groups -OCH3 is 1. The second-order valence-corrected chi connectivity index (χ2v) is 5.40. The molecular formula is C15H16N2O4S. The number of thiazole rings is 1. The van der Waals surface area contributed by atoms with Crippen LogP contribution in [0.4, 0.5) is 5.69 Å². The minimum Gasteiger partial charge on any atom is -0.478 e. The fourth-order valence-electron chi connectivity index (χ4n) is 1.96. The Morgan fingerprint density at radius 1 is 1.36 bits per heavy atom. The zero-order valence-corrected chi connectivity index (χ0v) is 12.9. The predicted molar refractivity (Wildman–Crippen MR) is 83.2 cm³/mol. The number of nitrogens with one attached hydrogen (secondary N) is 1. The molecule has 1 aromatic heterocycles. The number of anilines is 1. The number of hydrogen-bond acceptors (Lipinski definition) is 5. The number of hydrogen-bond donors (Lipinski definition) is 2. The van der Waals surface area contributed by atoms with Gasteiger partial charge in [0, 0.05) is 24.6 Å². The Balaban J connectivity index is 2.03. The van der Waals surface area contributed by atoms with Gasteiger partial charge in [0.25, 0.3) is 0 Å². The summed E-state index contributed by atoms with van der Waals surface area (Å²) in [5.74, 6) is -1.23. The Bertz CT molecular complexity index is 656. The van der Waals surface area contributed by atoms with E-state index in [0.717, 1.165) is 5.69 Å². The molecule has 0 aliphatic heterocycles. The summed E-state index contributed by atoms with van der Waals surface area (Å²) in [7, 11) is 1.53. The molecule has 0 unspecified atom stereocenters. The first kappa shape index (κ1) is 16.1. The molecule has 0 saturated heterocycles. The lowest BCUT2D eigenvalue weighted by atomic mass is 10.1. The van der Waals surface area contributed by atoms with E-state index in [4.69, 9.17) is 9.84 Å². The minimum atomic E-state index is -1.05. The van der Waals surface area contributed by atoms with E-state index in [-0.39, 0.29) is 18.1 Å². The van der Waals surface area contributed by atoms with Crippen LogP contribution in [0.3, 0.4) is 0 Å². The second kappa shape index (κ2) is 7.67. The fraction of sp³-hybridized carbons (Fsp3) is 0.267. The van der Waals surface area contributed by atoms with Gasteiger partial charge >= 0.3 is 5.97 Å². The summed E-state index contributed by atoms with van der Waals surface area (Å²) in [5.41, 5.74) is 3.86. The Hall–Kier alpha value is -2.25. The van der Waals surface area contributed by atoms with Gasteiger partial charge in [0.05, 0.1) is 23.4 Å². The van der Waals surface area contributed by atoms with Crippen molar-refractivity contribution in [1.82, 2.24) is 4.98 Å². The average molecular weight is 320 g/mol. The molecule has 1 heterocycles. The van der Waals surface area contributed by atoms with E-state index in [1.165, 1.54) is 30.6 Å². The standard InChI is InChI=1S/C15H16N2O4S/c1-21-7-10-4-11(15(19)20)6-13(5-10)17-14(18)3-2-12-8-22-9-16-12/h4-6,8-9H,2-3,7H2,1H3,(H,17,18)(H,19,20). The summed E-state index contributed by atoms with van der Waals surface area (Å²) in [4.78, 5) is 27.2. The Morgan fingerprint density at radius 3 is 2.82 bits per heavy atom. The van der Waals surface area contributed by atoms with Crippen LogP contribution >= 0.6 is 11.3 Å². The predicted octanol–water partition coefficient (Wildman–Crippen LogP) is 2.56. The third kappa shape index (κ3) is 4.64. The van der Waals surface area contributed by atoms with Crippen LogP contribution in [-0.2, 0) is 22.6 Å². The Morgan fingerprint density at radius 2 is 2.18 bits per heavy atom. The molecule has 2 rings (SSSR count). The maximum absolute atomic E-state index is 11.9. The molecule has 116 valence electrons. The molecule has 0 saturated carbocycles. The summed E-state index contributed by atoms with van der Waals surface area (Å²) in [6, 6.07) is 4.66. The number of amides is 1. The van der Waals surface area contributed by atoms with Crippen molar-refractivity contribution in [2.75, 3.05) is 12.4 Å². The lowest BCUT2D eigenvalue weighted by Gasteiger charge is -2.09. The normalized spacial score (nSPS) is 10.4. The molecule has 2 aromatic rings. The largest absolute Gasteiger partial charge is 0.478 e. The van der Waals surface area contributed by atoms with Crippen molar-refractivity contribution in [3.63, 3.8) is 0 Å². The lowest BCUT2D eigenvalue weighted by molar-refractivity contribution is -0.116. The van der Waals surface area contributed by atoms with Gasteiger partial charge in [0.15, 0.2) is 0 Å². The highest BCUT2D eigenvalue weighted by Gasteiger charge is 2.10. The van der Waals surface area contributed by atoms with E-state index in [1.807, 2.05) is 5.38 Å². The molecule has 0 fully saturated rings. The van der Waals surface area contributed by atoms with Gasteiger partial charge in [-0.1, -0.05) is 0 Å². The lowest BCUT2D eigenvalue weighted by Crippen LogP contribution is -2.13. The molecule has 0 radical (unpaired) electrons. The molecule has 2 N–H and O–H groups in total. The number of carboxylic acids is 1. The van der Waals surface area contributed by atoms with E-state index < -0.39 is 5.97 Å². The van der Waals surface area contributed by atoms with Crippen LogP contribution in [0, 0.1) is 0 Å². The number of rotatable bonds is 7. The average Bonchev–Trinajstić information content (AvgIpc) is 2.98. The number of aromatic nitrogens is 1. The van der Waals surface area contributed by atoms with Gasteiger partial charge in [-0.2, -0.15) is 0 Å². The summed E-state index contributed by atoms with van der Waals surface area (Å²) in [6.07, 6.45) is 0.847. The maximum atomic E-state index is 11.9. The zero-order chi connectivity index (χ0) is 15.9. The van der Waals surface area contributed by atoms with Crippen molar-refractivity contribution < 1.29 is 19.4 Å². The molecule has 0 aliphatic carbocycles. The van der Waals surface area contributed by atoms with E-state index >= 15 is 0 Å². The van der Waals surface area contributed by atoms with E-state index in [0.29, 0.717) is 24.1 Å². The van der Waals surface area contributed by atoms with Crippen LogP contribution in [0.15, 0.2) is 29.1 Å². The molecular weight excluding hydrogens is 304 g/mol. The highest BCUT2D eigenvalue weighted by Crippen LogP contribution is 2.17. The van der Waals surface area contributed by atoms with Crippen LogP contribution < -0.4 is 5.32 Å². The monoisotopic (exact) mass is 320 g/mol. The van der Waals surface area contributed by atoms with Gasteiger partial charge in [-0.25, -0.2) is 9.78 Å². The first-order chi connectivity index (χ1) is 10.6. The van der Waals surface area contributed by atoms with Gasteiger partial charge in [-0.05, 0) is 30.2 Å². The first-order valence-electron chi connectivity index (χ1n) is 6.61. The summed E-state index contributed by atoms with van der Waals surface area (Å²) in [6.45, 7) is 0.281. The fourth-order valence-corrected chi connectivity index (χ4v) is 2.56. The van der Waals surface area contributed by atoms with Gasteiger partial charge in [0.1, 0.15) is 0 Å². The number of carbonyl (C=O) groups excluding carboxylic acids is 1. The van der Waals surface area contributed by atoms with Crippen LogP contribution in [0.2, 0.25) is 0 Å². The molecule has 0 atom stereocenters. The molecule has 6 nitrogen and oxygen atoms in total. The highest BCUT2D eigenvalue weighted by molar-refractivity contribution is 7.07. The Labute approximate surface area is 131 Å². The van der Waals surface area contributed by atoms with Crippen molar-refractivity contribution in [1.29, 1.82) is 0 Å². The molecule has 1 amide bonds. The van der Waals surface area contributed by atoms with Crippen molar-refractivity contribution in [2.24, 2.45) is 0 Å². The van der Waals surface area contributed by atoms with E-state index in [1.54, 1.807) is 11.6 Å². The van der Waals surface area contributed by atoms with Gasteiger partial charge in [-0.3, -0.25) is 4.79 Å². The number of nitrogens with zero attached hydrogens (tertiary/aromatic N) is 1. The van der Waals surface area contributed by atoms with Gasteiger partial charge < -0.3 is 15.2 Å². The molecule has 7 heteroatoms. The number of benzene rings is 1. The zero-order valence-electron chi connectivity index (χ0n) is 12.0. The smallest absolute Gasteiger partial charge is 0.335 e. The van der Waals surface area contributed by atoms with Gasteiger partial charge in [-0.15, -0.1) is 11.3 Å². The maximum Gasteiger partial charge on any atom is 0.335 e. The van der Waals surface area contributed by atoms with Crippen molar-refractivity contribution >= 4 is 28.9 Å². The molecule has 0 bridgehead atoms. The van der Waals surface area contributed by atoms with E-state index in [9.17, 15) is 9.59 Å². The first-order valence-corrected chi connectivity index (χ1v) is 7.56. The molecule has 22 heavy (non-hydrogen) atoms. The van der Waals surface area contributed by atoms with Gasteiger partial charge in [0.2, 0.25) is 5.91 Å². The number of carbonyl (C=O) groups is 2. The van der Waals surface area contributed by atoms with Crippen molar-refractivity contribution in [3.05, 3.63) is 45.9 Å². The number of ether oxygens (including phenoxy) is 1. The number of carboxylic acid groups (broad SMARTS) is 1. The molecule has 0 aliphatic rings. The summed E-state index contributed by atoms with van der Waals surface area (Å²) < 4.78 is 5.01. The summed E-state index contributed by atoms with van der Waals surface area (Å²) >= 11 is 1.49. The third-order valence-electron chi connectivity index (χ3n) is 2.93. The van der Waals surface area contributed by atoms with E-state index in [2.05, 4.69) is 10.3 Å². The number of aromatic carboxylic acids is 1. The van der Waals surface area contributed by atoms with Crippen molar-refractivity contribution in [2.45, 2.75) is 19.4 Å². The molecule has 0 spiro atoms. The second-order valence-electron chi connectivity index (χ2n) is 4.68. The minimum absolute atomic E-state index is 0.115. The van der Waals surface area contributed by atoms with Crippen LogP contribution in [0.1, 0.15) is 28.0 Å². The van der Waals surface area contributed by atoms with Crippen molar-refractivity contribution in [3.8, 4) is 0 Å². The third-order valence-corrected chi connectivity index (χ3v) is 3.56. The quantitative estimate of drug-likeness (QED) is 0.818. The number of aryl methyl sites for hydroxylation is 1. The summed E-state index contributed by atoms with van der Waals surface area (Å²) in [5, 5.41) is 13.7. The van der Waals surface area contributed by atoms with Crippen LogP contribution in [-0.4, -0.2) is 29.1 Å².